The van der Waals surface area contributed by atoms with E-state index in [9.17, 15) is 2.74 Å². The van der Waals surface area contributed by atoms with Gasteiger partial charge in [0, 0.05) is 0 Å². The molecule has 0 heterocycles. The largest absolute Gasteiger partial charge is 0.0636 e. The molecule has 0 nitrogen and oxygen atoms in total. The van der Waals surface area contributed by atoms with E-state index in [2.05, 4.69) is 0 Å². The molecular formula is C34H22. The topological polar surface area (TPSA) is 0 Å². The van der Waals surface area contributed by atoms with Gasteiger partial charge in [0.1, 0.15) is 0 Å². The first kappa shape index (κ1) is 12.7. The van der Waals surface area contributed by atoms with Crippen LogP contribution in [0.4, 0.5) is 0 Å². The molecule has 0 bridgehead atoms. The van der Waals surface area contributed by atoms with Crippen molar-refractivity contribution in [3.63, 3.8) is 0 Å². The van der Waals surface area contributed by atoms with Crippen LogP contribution in [-0.4, -0.2) is 0 Å². The van der Waals surface area contributed by atoms with Crippen LogP contribution in [0, 0.1) is 0 Å². The molecule has 0 spiro atoms. The molecule has 7 aromatic rings. The molecule has 0 atom stereocenters. The van der Waals surface area contributed by atoms with E-state index in [-0.39, 0.29) is 52.4 Å². The molecule has 0 aliphatic heterocycles. The van der Waals surface area contributed by atoms with Gasteiger partial charge in [-0.15, -0.1) is 0 Å². The Balaban J connectivity index is 1.81. The lowest BCUT2D eigenvalue weighted by molar-refractivity contribution is 1.66. The monoisotopic (exact) mass is 438 g/mol. The van der Waals surface area contributed by atoms with Crippen LogP contribution >= 0.6 is 0 Å². The summed E-state index contributed by atoms with van der Waals surface area (Å²) in [7, 11) is 0. The van der Waals surface area contributed by atoms with Crippen molar-refractivity contribution in [2.24, 2.45) is 0 Å². The summed E-state index contributed by atoms with van der Waals surface area (Å²) in [4.78, 5) is 0. The zero-order chi connectivity index (χ0) is 29.4. The number of hydrogen-bond donors (Lipinski definition) is 0. The molecule has 0 aliphatic carbocycles. The highest BCUT2D eigenvalue weighted by atomic mass is 14.2. The van der Waals surface area contributed by atoms with Crippen LogP contribution in [0.1, 0.15) is 11.0 Å². The van der Waals surface area contributed by atoms with Crippen LogP contribution in [0.5, 0.6) is 0 Å². The highest BCUT2D eigenvalue weighted by molar-refractivity contribution is 6.20. The highest BCUT2D eigenvalue weighted by Crippen LogP contribution is 2.43. The van der Waals surface area contributed by atoms with E-state index in [1.165, 1.54) is 0 Å². The predicted octanol–water partition coefficient (Wildman–Crippen LogP) is 9.63. The van der Waals surface area contributed by atoms with E-state index in [4.69, 9.17) is 8.22 Å². The molecule has 0 aliphatic rings. The molecule has 0 heteroatoms. The normalized spacial score (nSPS) is 14.8. The number of hydrogen-bond acceptors (Lipinski definition) is 0. The fourth-order valence-corrected chi connectivity index (χ4v) is 4.95. The standard InChI is InChI=1S/C34H22/c1-2-11-24(12-3-1)33-28-16-7-5-13-25(28)22-26-14-8-19-32(34(26)33)30-18-9-17-29-27-15-6-4-10-23(27)20-21-31(29)30/h1-22H/i5D,7D,8D,13D,14D,16D,19D,22D. The molecule has 0 saturated carbocycles. The molecule has 0 amide bonds. The predicted molar refractivity (Wildman–Crippen MR) is 147 cm³/mol. The van der Waals surface area contributed by atoms with Crippen molar-refractivity contribution in [1.82, 2.24) is 0 Å². The van der Waals surface area contributed by atoms with Crippen molar-refractivity contribution < 1.29 is 11.0 Å². The van der Waals surface area contributed by atoms with Gasteiger partial charge in [-0.25, -0.2) is 0 Å². The average Bonchev–Trinajstić information content (AvgIpc) is 3.01. The molecule has 7 rings (SSSR count). The molecule has 0 fully saturated rings. The molecule has 0 aromatic heterocycles. The zero-order valence-electron chi connectivity index (χ0n) is 26.1. The first-order valence-corrected chi connectivity index (χ1v) is 11.1. The van der Waals surface area contributed by atoms with Gasteiger partial charge >= 0.3 is 0 Å². The van der Waals surface area contributed by atoms with Gasteiger partial charge in [0.25, 0.3) is 0 Å². The van der Waals surface area contributed by atoms with Crippen molar-refractivity contribution in [1.29, 1.82) is 0 Å². The summed E-state index contributed by atoms with van der Waals surface area (Å²) < 4.78 is 70.6. The van der Waals surface area contributed by atoms with Crippen molar-refractivity contribution >= 4 is 43.1 Å². The van der Waals surface area contributed by atoms with Gasteiger partial charge in [-0.2, -0.15) is 0 Å². The Morgan fingerprint density at radius 3 is 2.18 bits per heavy atom. The minimum Gasteiger partial charge on any atom is -0.0622 e. The highest BCUT2D eigenvalue weighted by Gasteiger charge is 2.16. The lowest BCUT2D eigenvalue weighted by Crippen LogP contribution is -1.90. The molecule has 0 saturated heterocycles. The smallest absolute Gasteiger partial charge is 0.0622 e. The Labute approximate surface area is 210 Å². The second-order valence-corrected chi connectivity index (χ2v) is 8.30. The Bertz CT molecular complexity index is 2270. The van der Waals surface area contributed by atoms with Crippen molar-refractivity contribution in [2.75, 3.05) is 0 Å². The lowest BCUT2D eigenvalue weighted by Gasteiger charge is -2.17. The van der Waals surface area contributed by atoms with E-state index >= 15 is 0 Å². The van der Waals surface area contributed by atoms with E-state index in [1.54, 1.807) is 0 Å². The second kappa shape index (κ2) is 7.57. The minimum atomic E-state index is -0.463. The third-order valence-corrected chi connectivity index (χ3v) is 6.43. The molecule has 0 N–H and O–H groups in total. The molecule has 0 radical (unpaired) electrons. The molecule has 158 valence electrons. The Kier molecular flexibility index (Phi) is 2.83. The van der Waals surface area contributed by atoms with Gasteiger partial charge in [0.2, 0.25) is 0 Å². The van der Waals surface area contributed by atoms with Gasteiger partial charge in [-0.3, -0.25) is 0 Å². The van der Waals surface area contributed by atoms with Gasteiger partial charge in [-0.1, -0.05) is 127 Å². The van der Waals surface area contributed by atoms with Crippen molar-refractivity contribution in [2.45, 2.75) is 0 Å². The summed E-state index contributed by atoms with van der Waals surface area (Å²) in [6.45, 7) is 0. The number of benzene rings is 7. The van der Waals surface area contributed by atoms with E-state index < -0.39 is 12.1 Å². The Morgan fingerprint density at radius 2 is 1.24 bits per heavy atom. The quantitative estimate of drug-likeness (QED) is 0.186. The molecular weight excluding hydrogens is 408 g/mol. The van der Waals surface area contributed by atoms with Crippen LogP contribution in [-0.2, 0) is 0 Å². The number of rotatable bonds is 2. The van der Waals surface area contributed by atoms with Gasteiger partial charge < -0.3 is 0 Å². The molecule has 0 unspecified atom stereocenters. The van der Waals surface area contributed by atoms with Gasteiger partial charge in [-0.05, 0) is 71.4 Å². The zero-order valence-corrected chi connectivity index (χ0v) is 18.1. The average molecular weight is 439 g/mol. The van der Waals surface area contributed by atoms with Crippen molar-refractivity contribution in [3.8, 4) is 22.3 Å². The lowest BCUT2D eigenvalue weighted by atomic mass is 9.86. The van der Waals surface area contributed by atoms with Crippen molar-refractivity contribution in [3.05, 3.63) is 133 Å². The summed E-state index contributed by atoms with van der Waals surface area (Å²) in [5.41, 5.74) is 2.05. The van der Waals surface area contributed by atoms with E-state index in [1.807, 2.05) is 84.9 Å². The third-order valence-electron chi connectivity index (χ3n) is 6.43. The summed E-state index contributed by atoms with van der Waals surface area (Å²) in [6.07, 6.45) is 0. The Hall–Kier alpha value is -4.42. The van der Waals surface area contributed by atoms with Crippen LogP contribution in [0.25, 0.3) is 65.3 Å². The SMILES string of the molecule is [2H]c1c([2H])c([2H])c2c(-c3ccccc3)c3c(-c4cccc5c4ccc4ccccc45)c([2H])c([2H])c([2H])c3c([2H])c2c1[2H]. The molecule has 7 aromatic carbocycles. The summed E-state index contributed by atoms with van der Waals surface area (Å²) in [6, 6.07) is 24.3. The van der Waals surface area contributed by atoms with Crippen LogP contribution in [0.3, 0.4) is 0 Å². The Morgan fingerprint density at radius 1 is 0.441 bits per heavy atom. The first-order chi connectivity index (χ1) is 20.2. The van der Waals surface area contributed by atoms with Gasteiger partial charge in [0.15, 0.2) is 0 Å². The third kappa shape index (κ3) is 2.86. The van der Waals surface area contributed by atoms with Crippen LogP contribution in [0.15, 0.2) is 133 Å². The maximum absolute atomic E-state index is 9.22. The first-order valence-electron chi connectivity index (χ1n) is 15.1. The fraction of sp³-hybridized carbons (Fsp3) is 0. The molecule has 34 heavy (non-hydrogen) atoms. The van der Waals surface area contributed by atoms with Crippen LogP contribution in [0.2, 0.25) is 0 Å². The van der Waals surface area contributed by atoms with E-state index in [0.29, 0.717) is 27.6 Å². The van der Waals surface area contributed by atoms with Gasteiger partial charge in [0.05, 0.1) is 11.0 Å². The van der Waals surface area contributed by atoms with E-state index in [0.717, 1.165) is 21.5 Å². The minimum absolute atomic E-state index is 0.00662. The fourth-order valence-electron chi connectivity index (χ4n) is 4.95. The number of fused-ring (bicyclic) bond motifs is 5. The summed E-state index contributed by atoms with van der Waals surface area (Å²) >= 11 is 0. The second-order valence-electron chi connectivity index (χ2n) is 8.30. The maximum atomic E-state index is 9.22. The summed E-state index contributed by atoms with van der Waals surface area (Å²) in [5.74, 6) is 0. The summed E-state index contributed by atoms with van der Waals surface area (Å²) in [5, 5.41) is 4.47. The van der Waals surface area contributed by atoms with Crippen LogP contribution < -0.4 is 0 Å². The maximum Gasteiger partial charge on any atom is 0.0636 e.